The molecule has 0 bridgehead atoms. The van der Waals surface area contributed by atoms with E-state index in [1.165, 1.54) is 0 Å². The van der Waals surface area contributed by atoms with E-state index in [1.807, 2.05) is 12.1 Å². The Morgan fingerprint density at radius 1 is 1.36 bits per heavy atom. The van der Waals surface area contributed by atoms with E-state index >= 15 is 0 Å². The first-order valence-corrected chi connectivity index (χ1v) is 3.71. The molecule has 54 valence electrons. The molecule has 1 aromatic heterocycles. The van der Waals surface area contributed by atoms with Crippen LogP contribution in [0.25, 0.3) is 0 Å². The summed E-state index contributed by atoms with van der Waals surface area (Å²) in [6.07, 6.45) is 0. The number of hydrogen-bond acceptors (Lipinski definition) is 4. The molecule has 1 heterocycles. The summed E-state index contributed by atoms with van der Waals surface area (Å²) in [5, 5.41) is 17.6. The molecule has 1 rings (SSSR count). The third-order valence-electron chi connectivity index (χ3n) is 1.39. The average Bonchev–Trinajstić information content (AvgIpc) is 2.26. The van der Waals surface area contributed by atoms with Crippen LogP contribution < -0.4 is 5.73 Å². The molecule has 0 amide bonds. The highest BCUT2D eigenvalue weighted by Gasteiger charge is 2.10. The number of anilines is 1. The molecule has 0 aliphatic carbocycles. The lowest BCUT2D eigenvalue weighted by molar-refractivity contribution is 1.42. The molecule has 0 atom stereocenters. The highest BCUT2D eigenvalue weighted by Crippen LogP contribution is 2.28. The SMILES string of the molecule is Cc1c(C#N)sc(N)c1C#N. The highest BCUT2D eigenvalue weighted by atomic mass is 32.1. The zero-order valence-corrected chi connectivity index (χ0v) is 6.70. The number of hydrogen-bond donors (Lipinski definition) is 1. The maximum atomic E-state index is 8.58. The highest BCUT2D eigenvalue weighted by molar-refractivity contribution is 7.16. The fourth-order valence-corrected chi connectivity index (χ4v) is 1.60. The summed E-state index contributed by atoms with van der Waals surface area (Å²) in [5.41, 5.74) is 6.60. The predicted octanol–water partition coefficient (Wildman–Crippen LogP) is 1.38. The van der Waals surface area contributed by atoms with Crippen molar-refractivity contribution in [1.82, 2.24) is 0 Å². The molecule has 4 heteroatoms. The Kier molecular flexibility index (Phi) is 1.80. The maximum absolute atomic E-state index is 8.58. The van der Waals surface area contributed by atoms with Crippen LogP contribution in [0.5, 0.6) is 0 Å². The Bertz CT molecular complexity index is 364. The van der Waals surface area contributed by atoms with Crippen molar-refractivity contribution in [3.05, 3.63) is 16.0 Å². The fourth-order valence-electron chi connectivity index (χ4n) is 0.781. The Morgan fingerprint density at radius 3 is 2.27 bits per heavy atom. The molecular weight excluding hydrogens is 158 g/mol. The van der Waals surface area contributed by atoms with Crippen LogP contribution in [-0.2, 0) is 0 Å². The normalized spacial score (nSPS) is 8.64. The van der Waals surface area contributed by atoms with E-state index in [4.69, 9.17) is 16.3 Å². The number of nitriles is 2. The van der Waals surface area contributed by atoms with Crippen molar-refractivity contribution in [2.45, 2.75) is 6.92 Å². The van der Waals surface area contributed by atoms with Gasteiger partial charge in [0.2, 0.25) is 0 Å². The lowest BCUT2D eigenvalue weighted by Crippen LogP contribution is -1.83. The van der Waals surface area contributed by atoms with Crippen molar-refractivity contribution in [3.8, 4) is 12.1 Å². The van der Waals surface area contributed by atoms with E-state index in [1.54, 1.807) is 6.92 Å². The van der Waals surface area contributed by atoms with Crippen LogP contribution in [0.1, 0.15) is 16.0 Å². The molecule has 0 radical (unpaired) electrons. The van der Waals surface area contributed by atoms with Gasteiger partial charge in [0.15, 0.2) is 0 Å². The summed E-state index contributed by atoms with van der Waals surface area (Å²) in [6, 6.07) is 3.93. The van der Waals surface area contributed by atoms with Gasteiger partial charge in [0.05, 0.1) is 5.56 Å². The largest absolute Gasteiger partial charge is 0.389 e. The molecule has 0 unspecified atom stereocenters. The van der Waals surface area contributed by atoms with E-state index < -0.39 is 0 Å². The fraction of sp³-hybridized carbons (Fsp3) is 0.143. The van der Waals surface area contributed by atoms with E-state index in [0.717, 1.165) is 11.3 Å². The number of nitrogen functional groups attached to an aromatic ring is 1. The molecule has 11 heavy (non-hydrogen) atoms. The quantitative estimate of drug-likeness (QED) is 0.627. The Hall–Kier alpha value is -1.52. The van der Waals surface area contributed by atoms with Gasteiger partial charge >= 0.3 is 0 Å². The minimum atomic E-state index is 0.432. The first-order valence-electron chi connectivity index (χ1n) is 2.89. The second-order valence-electron chi connectivity index (χ2n) is 2.02. The summed E-state index contributed by atoms with van der Waals surface area (Å²) >= 11 is 1.16. The van der Waals surface area contributed by atoms with E-state index in [2.05, 4.69) is 0 Å². The second kappa shape index (κ2) is 2.61. The molecule has 1 aromatic rings. The molecule has 0 fully saturated rings. The summed E-state index contributed by atoms with van der Waals surface area (Å²) in [5.74, 6) is 0. The smallest absolute Gasteiger partial charge is 0.111 e. The van der Waals surface area contributed by atoms with Crippen LogP contribution in [0.2, 0.25) is 0 Å². The van der Waals surface area contributed by atoms with Crippen LogP contribution in [0.15, 0.2) is 0 Å². The van der Waals surface area contributed by atoms with Gasteiger partial charge in [-0.25, -0.2) is 0 Å². The molecule has 0 aliphatic heterocycles. The molecule has 0 saturated carbocycles. The number of rotatable bonds is 0. The van der Waals surface area contributed by atoms with Crippen molar-refractivity contribution >= 4 is 16.3 Å². The van der Waals surface area contributed by atoms with Crippen molar-refractivity contribution in [2.75, 3.05) is 5.73 Å². The van der Waals surface area contributed by atoms with E-state index in [9.17, 15) is 0 Å². The van der Waals surface area contributed by atoms with E-state index in [0.29, 0.717) is 21.0 Å². The van der Waals surface area contributed by atoms with Gasteiger partial charge in [-0.15, -0.1) is 11.3 Å². The first-order chi connectivity index (χ1) is 5.20. The number of thiophene rings is 1. The summed E-state index contributed by atoms with van der Waals surface area (Å²) in [6.45, 7) is 1.73. The van der Waals surface area contributed by atoms with Gasteiger partial charge in [-0.2, -0.15) is 10.5 Å². The monoisotopic (exact) mass is 163 g/mol. The van der Waals surface area contributed by atoms with Gasteiger partial charge in [0.1, 0.15) is 22.0 Å². The molecule has 2 N–H and O–H groups in total. The maximum Gasteiger partial charge on any atom is 0.111 e. The second-order valence-corrected chi connectivity index (χ2v) is 3.07. The molecule has 3 nitrogen and oxygen atoms in total. The Morgan fingerprint density at radius 2 is 2.00 bits per heavy atom. The summed E-state index contributed by atoms with van der Waals surface area (Å²) < 4.78 is 0. The minimum Gasteiger partial charge on any atom is -0.389 e. The van der Waals surface area contributed by atoms with Crippen LogP contribution >= 0.6 is 11.3 Å². The molecular formula is C7H5N3S. The standard InChI is InChI=1S/C7H5N3S/c1-4-5(2-8)7(10)11-6(4)3-9/h10H2,1H3. The average molecular weight is 163 g/mol. The zero-order chi connectivity index (χ0) is 8.43. The molecule has 0 saturated heterocycles. The summed E-state index contributed by atoms with van der Waals surface area (Å²) in [7, 11) is 0. The number of nitrogens with zero attached hydrogens (tertiary/aromatic N) is 2. The lowest BCUT2D eigenvalue weighted by Gasteiger charge is -1.84. The Labute approximate surface area is 68.3 Å². The van der Waals surface area contributed by atoms with Gasteiger partial charge in [-0.05, 0) is 12.5 Å². The van der Waals surface area contributed by atoms with Crippen molar-refractivity contribution in [1.29, 1.82) is 10.5 Å². The van der Waals surface area contributed by atoms with Crippen molar-refractivity contribution < 1.29 is 0 Å². The van der Waals surface area contributed by atoms with Gasteiger partial charge in [0.25, 0.3) is 0 Å². The van der Waals surface area contributed by atoms with E-state index in [-0.39, 0.29) is 0 Å². The Balaban J connectivity index is 3.43. The third kappa shape index (κ3) is 1.04. The van der Waals surface area contributed by atoms with Crippen LogP contribution in [0, 0.1) is 29.6 Å². The van der Waals surface area contributed by atoms with Gasteiger partial charge in [-0.3, -0.25) is 0 Å². The van der Waals surface area contributed by atoms with Crippen LogP contribution in [0.3, 0.4) is 0 Å². The van der Waals surface area contributed by atoms with Gasteiger partial charge < -0.3 is 5.73 Å². The van der Waals surface area contributed by atoms with Crippen molar-refractivity contribution in [2.24, 2.45) is 0 Å². The zero-order valence-electron chi connectivity index (χ0n) is 5.88. The summed E-state index contributed by atoms with van der Waals surface area (Å²) in [4.78, 5) is 0.527. The predicted molar refractivity (Wildman–Crippen MR) is 42.9 cm³/mol. The molecule has 0 spiro atoms. The van der Waals surface area contributed by atoms with Crippen molar-refractivity contribution in [3.63, 3.8) is 0 Å². The van der Waals surface area contributed by atoms with Gasteiger partial charge in [0, 0.05) is 0 Å². The minimum absolute atomic E-state index is 0.432. The van der Waals surface area contributed by atoms with Crippen LogP contribution in [-0.4, -0.2) is 0 Å². The van der Waals surface area contributed by atoms with Crippen LogP contribution in [0.4, 0.5) is 5.00 Å². The lowest BCUT2D eigenvalue weighted by atomic mass is 10.2. The number of nitrogens with two attached hydrogens (primary N) is 1. The van der Waals surface area contributed by atoms with Gasteiger partial charge in [-0.1, -0.05) is 0 Å². The topological polar surface area (TPSA) is 73.6 Å². The third-order valence-corrected chi connectivity index (χ3v) is 2.41. The molecule has 0 aliphatic rings. The first kappa shape index (κ1) is 7.59. The molecule has 0 aromatic carbocycles.